The monoisotopic (exact) mass is 806 g/mol. The second-order valence-electron chi connectivity index (χ2n) is 12.3. The molecule has 1 aliphatic heterocycles. The summed E-state index contributed by atoms with van der Waals surface area (Å²) < 4.78 is 11.1. The number of anilines is 2. The fourth-order valence-electron chi connectivity index (χ4n) is 5.61. The van der Waals surface area contributed by atoms with Crippen molar-refractivity contribution in [1.82, 2.24) is 5.01 Å². The number of non-ortho nitro benzene ring substituents is 2. The molecule has 1 aliphatic rings. The largest absolute Gasteiger partial charge is 0.493 e. The number of nitro groups is 2. The highest BCUT2D eigenvalue weighted by atomic mass is 35.5. The lowest BCUT2D eigenvalue weighted by Crippen LogP contribution is -2.32. The highest BCUT2D eigenvalue weighted by Gasteiger charge is 2.22. The average Bonchev–Trinajstić information content (AvgIpc) is 3.24. The molecule has 0 spiro atoms. The van der Waals surface area contributed by atoms with E-state index in [0.717, 1.165) is 23.8 Å². The minimum absolute atomic E-state index is 0.113. The lowest BCUT2D eigenvalue weighted by atomic mass is 10.0. The fraction of sp³-hybridized carbons (Fsp3) is 0.146. The van der Waals surface area contributed by atoms with E-state index in [1.807, 2.05) is 25.1 Å². The van der Waals surface area contributed by atoms with Gasteiger partial charge in [0.1, 0.15) is 0 Å². The predicted octanol–water partition coefficient (Wildman–Crippen LogP) is 8.12. The molecule has 17 heteroatoms. The van der Waals surface area contributed by atoms with Gasteiger partial charge in [0.15, 0.2) is 11.5 Å². The molecule has 0 aromatic heterocycles. The Bertz CT molecular complexity index is 2370. The van der Waals surface area contributed by atoms with Crippen LogP contribution in [0.3, 0.4) is 0 Å². The van der Waals surface area contributed by atoms with Crippen LogP contribution in [-0.4, -0.2) is 63.8 Å². The maximum Gasteiger partial charge on any atom is 0.273 e. The summed E-state index contributed by atoms with van der Waals surface area (Å²) in [6.45, 7) is 2.86. The van der Waals surface area contributed by atoms with Crippen molar-refractivity contribution in [2.45, 2.75) is 19.8 Å². The molecule has 0 saturated heterocycles. The minimum atomic E-state index is -0.696. The van der Waals surface area contributed by atoms with Crippen LogP contribution in [0.25, 0.3) is 0 Å². The number of benzene rings is 5. The van der Waals surface area contributed by atoms with Gasteiger partial charge in [-0.1, -0.05) is 18.2 Å². The van der Waals surface area contributed by atoms with Crippen LogP contribution in [0.1, 0.15) is 66.8 Å². The van der Waals surface area contributed by atoms with Crippen LogP contribution in [0.2, 0.25) is 0 Å². The van der Waals surface area contributed by atoms with E-state index in [4.69, 9.17) is 21.1 Å². The van der Waals surface area contributed by atoms with Gasteiger partial charge in [-0.25, -0.2) is 5.01 Å². The van der Waals surface area contributed by atoms with Crippen molar-refractivity contribution in [3.05, 3.63) is 163 Å². The summed E-state index contributed by atoms with van der Waals surface area (Å²) in [6.07, 6.45) is 1.46. The average molecular weight is 807 g/mol. The van der Waals surface area contributed by atoms with Gasteiger partial charge in [0.2, 0.25) is 0 Å². The van der Waals surface area contributed by atoms with Gasteiger partial charge < -0.3 is 20.1 Å². The van der Waals surface area contributed by atoms with E-state index in [2.05, 4.69) is 15.7 Å². The predicted molar refractivity (Wildman–Crippen MR) is 216 cm³/mol. The molecular formula is C41H35ClN6O10. The number of nitrogens with zero attached hydrogens (tertiary/aromatic N) is 4. The molecule has 0 bridgehead atoms. The van der Waals surface area contributed by atoms with Crippen molar-refractivity contribution in [3.8, 4) is 11.5 Å². The van der Waals surface area contributed by atoms with Gasteiger partial charge >= 0.3 is 0 Å². The third kappa shape index (κ3) is 10.9. The van der Waals surface area contributed by atoms with Crippen molar-refractivity contribution in [2.75, 3.05) is 30.9 Å². The lowest BCUT2D eigenvalue weighted by Gasteiger charge is -2.24. The van der Waals surface area contributed by atoms with Crippen LogP contribution in [-0.2, 0) is 0 Å². The van der Waals surface area contributed by atoms with E-state index in [1.165, 1.54) is 53.5 Å². The number of ether oxygens (including phenoxy) is 2. The first-order valence-corrected chi connectivity index (χ1v) is 18.0. The second kappa shape index (κ2) is 19.4. The van der Waals surface area contributed by atoms with Gasteiger partial charge in [-0.3, -0.25) is 39.4 Å². The highest BCUT2D eigenvalue weighted by Crippen LogP contribution is 2.30. The molecule has 1 heterocycles. The van der Waals surface area contributed by atoms with Crippen molar-refractivity contribution < 1.29 is 38.5 Å². The number of halogens is 1. The highest BCUT2D eigenvalue weighted by molar-refractivity contribution is 6.67. The number of carbonyl (C=O) groups excluding carboxylic acids is 4. The summed E-state index contributed by atoms with van der Waals surface area (Å²) in [5.41, 5.74) is 3.04. The zero-order valence-corrected chi connectivity index (χ0v) is 31.8. The number of amides is 3. The van der Waals surface area contributed by atoms with E-state index < -0.39 is 26.9 Å². The standard InChI is InChI=1S/C34H31N5O7.C7H4ClNO3/c1-3-46-31-21-23(14-17-30(31)45-2)29-11-6-18-38(37-29)34(42)22-12-15-26(16-13-22)35-32(40)24-7-4-9-27(19-24)36-33(41)25-8-5-10-28(20-25)39(43)44;8-7(10)5-2-1-3-6(4-5)9(11)12/h4-5,7-10,12-17,19-21H,3,6,11,18H2,1-2H3,(H,35,40)(H,36,41);1-4H. The summed E-state index contributed by atoms with van der Waals surface area (Å²) in [5, 5.41) is 32.1. The molecule has 0 radical (unpaired) electrons. The van der Waals surface area contributed by atoms with Gasteiger partial charge in [0.25, 0.3) is 34.3 Å². The van der Waals surface area contributed by atoms with E-state index in [0.29, 0.717) is 48.0 Å². The van der Waals surface area contributed by atoms with Crippen molar-refractivity contribution >= 4 is 63.0 Å². The number of hydrogen-bond acceptors (Lipinski definition) is 11. The number of carbonyl (C=O) groups is 4. The molecule has 58 heavy (non-hydrogen) atoms. The molecular weight excluding hydrogens is 772 g/mol. The van der Waals surface area contributed by atoms with E-state index in [1.54, 1.807) is 49.6 Å². The van der Waals surface area contributed by atoms with E-state index in [-0.39, 0.29) is 34.0 Å². The number of rotatable bonds is 12. The van der Waals surface area contributed by atoms with Crippen LogP contribution in [0.4, 0.5) is 22.7 Å². The summed E-state index contributed by atoms with van der Waals surface area (Å²) >= 11 is 5.12. The number of hydrogen-bond donors (Lipinski definition) is 2. The first kappa shape index (κ1) is 41.7. The Morgan fingerprint density at radius 2 is 1.31 bits per heavy atom. The zero-order chi connectivity index (χ0) is 41.8. The number of nitrogens with one attached hydrogen (secondary N) is 2. The normalized spacial score (nSPS) is 11.8. The fourth-order valence-corrected chi connectivity index (χ4v) is 5.73. The molecule has 0 unspecified atom stereocenters. The molecule has 0 atom stereocenters. The third-order valence-corrected chi connectivity index (χ3v) is 8.65. The maximum atomic E-state index is 13.3. The summed E-state index contributed by atoms with van der Waals surface area (Å²) in [6, 6.07) is 29.0. The molecule has 5 aromatic carbocycles. The minimum Gasteiger partial charge on any atom is -0.493 e. The molecule has 16 nitrogen and oxygen atoms in total. The molecule has 0 saturated carbocycles. The van der Waals surface area contributed by atoms with Crippen LogP contribution in [0, 0.1) is 20.2 Å². The molecule has 0 fully saturated rings. The van der Waals surface area contributed by atoms with E-state index in [9.17, 15) is 39.4 Å². The Labute approximate surface area is 336 Å². The lowest BCUT2D eigenvalue weighted by molar-refractivity contribution is -0.385. The topological polar surface area (TPSA) is 213 Å². The van der Waals surface area contributed by atoms with Crippen LogP contribution in [0.15, 0.2) is 120 Å². The Morgan fingerprint density at radius 3 is 1.91 bits per heavy atom. The molecule has 0 aliphatic carbocycles. The number of nitro benzene ring substituents is 2. The Hall–Kier alpha value is -7.46. The van der Waals surface area contributed by atoms with E-state index >= 15 is 0 Å². The van der Waals surface area contributed by atoms with Crippen LogP contribution >= 0.6 is 11.6 Å². The third-order valence-electron chi connectivity index (χ3n) is 8.43. The summed E-state index contributed by atoms with van der Waals surface area (Å²) in [4.78, 5) is 69.6. The smallest absolute Gasteiger partial charge is 0.273 e. The van der Waals surface area contributed by atoms with Crippen molar-refractivity contribution in [2.24, 2.45) is 5.10 Å². The second-order valence-corrected chi connectivity index (χ2v) is 12.7. The summed E-state index contributed by atoms with van der Waals surface area (Å²) in [7, 11) is 1.58. The van der Waals surface area contributed by atoms with Gasteiger partial charge in [-0.15, -0.1) is 0 Å². The van der Waals surface area contributed by atoms with Gasteiger partial charge in [-0.05, 0) is 104 Å². The van der Waals surface area contributed by atoms with Gasteiger partial charge in [0, 0.05) is 70.0 Å². The van der Waals surface area contributed by atoms with Crippen molar-refractivity contribution in [1.29, 1.82) is 0 Å². The number of hydrazone groups is 1. The summed E-state index contributed by atoms with van der Waals surface area (Å²) in [5.74, 6) is -0.00332. The van der Waals surface area contributed by atoms with Crippen molar-refractivity contribution in [3.63, 3.8) is 0 Å². The van der Waals surface area contributed by atoms with Crippen LogP contribution < -0.4 is 20.1 Å². The van der Waals surface area contributed by atoms with Gasteiger partial charge in [0.05, 0.1) is 29.3 Å². The Morgan fingerprint density at radius 1 is 0.724 bits per heavy atom. The zero-order valence-electron chi connectivity index (χ0n) is 31.0. The first-order chi connectivity index (χ1) is 27.9. The van der Waals surface area contributed by atoms with Crippen LogP contribution in [0.5, 0.6) is 11.5 Å². The Kier molecular flexibility index (Phi) is 14.0. The SMILES string of the molecule is CCOc1cc(C2=NN(C(=O)c3ccc(NC(=O)c4cccc(NC(=O)c5cccc([N+](=O)[O-])c5)c4)cc3)CCC2)ccc1OC.O=C(Cl)c1cccc([N+](=O)[O-])c1. The molecule has 5 aromatic rings. The molecule has 6 rings (SSSR count). The van der Waals surface area contributed by atoms with Gasteiger partial charge in [-0.2, -0.15) is 5.10 Å². The molecule has 3 amide bonds. The maximum absolute atomic E-state index is 13.3. The number of methoxy groups -OCH3 is 1. The molecule has 2 N–H and O–H groups in total. The first-order valence-electron chi connectivity index (χ1n) is 17.6. The Balaban J connectivity index is 0.000000458. The quantitative estimate of drug-likeness (QED) is 0.0702. The molecule has 296 valence electrons.